The summed E-state index contributed by atoms with van der Waals surface area (Å²) < 4.78 is 5.87. The second-order valence-corrected chi connectivity index (χ2v) is 9.24. The minimum atomic E-state index is -0.307. The van der Waals surface area contributed by atoms with Crippen molar-refractivity contribution in [3.63, 3.8) is 0 Å². The van der Waals surface area contributed by atoms with Crippen molar-refractivity contribution >= 4 is 40.5 Å². The van der Waals surface area contributed by atoms with Crippen molar-refractivity contribution in [1.29, 1.82) is 10.5 Å². The summed E-state index contributed by atoms with van der Waals surface area (Å²) in [5.74, 6) is 0.663. The number of nitrogen functional groups attached to an aromatic ring is 1. The number of pyridine rings is 1. The summed E-state index contributed by atoms with van der Waals surface area (Å²) in [5, 5.41) is 23.6. The Balaban J connectivity index is 1.60. The van der Waals surface area contributed by atoms with Gasteiger partial charge in [-0.05, 0) is 31.4 Å². The highest BCUT2D eigenvalue weighted by atomic mass is 35.5. The van der Waals surface area contributed by atoms with E-state index < -0.39 is 0 Å². The van der Waals surface area contributed by atoms with Gasteiger partial charge in [-0.1, -0.05) is 35.5 Å². The Labute approximate surface area is 193 Å². The molecule has 0 saturated carbocycles. The maximum Gasteiger partial charge on any atom is 0.143 e. The molecular formula is C22H18ClN5OS2. The molecule has 156 valence electrons. The van der Waals surface area contributed by atoms with Gasteiger partial charge in [-0.2, -0.15) is 10.5 Å². The van der Waals surface area contributed by atoms with E-state index in [1.807, 2.05) is 29.6 Å². The normalized spacial score (nSPS) is 15.9. The number of ether oxygens (including phenoxy) is 1. The van der Waals surface area contributed by atoms with Crippen molar-refractivity contribution < 1.29 is 4.74 Å². The van der Waals surface area contributed by atoms with E-state index in [4.69, 9.17) is 22.1 Å². The van der Waals surface area contributed by atoms with Crippen LogP contribution in [0.5, 0.6) is 0 Å². The largest absolute Gasteiger partial charge is 0.383 e. The summed E-state index contributed by atoms with van der Waals surface area (Å²) in [7, 11) is 0. The molecule has 2 N–H and O–H groups in total. The number of thioether (sulfide) groups is 1. The number of hydrogen-bond donors (Lipinski definition) is 1. The number of nitrogens with two attached hydrogens (primary N) is 1. The lowest BCUT2D eigenvalue weighted by Gasteiger charge is -2.25. The van der Waals surface area contributed by atoms with Crippen molar-refractivity contribution in [1.82, 2.24) is 9.97 Å². The highest BCUT2D eigenvalue weighted by Crippen LogP contribution is 2.38. The number of benzene rings is 1. The summed E-state index contributed by atoms with van der Waals surface area (Å²) in [5.41, 5.74) is 9.15. The first-order chi connectivity index (χ1) is 15.1. The summed E-state index contributed by atoms with van der Waals surface area (Å²) in [6.07, 6.45) is 2.41. The molecule has 31 heavy (non-hydrogen) atoms. The van der Waals surface area contributed by atoms with E-state index in [1.54, 1.807) is 11.3 Å². The van der Waals surface area contributed by atoms with Crippen LogP contribution in [0.15, 0.2) is 34.7 Å². The molecule has 3 heterocycles. The van der Waals surface area contributed by atoms with E-state index in [2.05, 4.69) is 22.1 Å². The third-order valence-electron chi connectivity index (χ3n) is 4.96. The lowest BCUT2D eigenvalue weighted by atomic mass is 9.94. The fourth-order valence-electron chi connectivity index (χ4n) is 3.46. The quantitative estimate of drug-likeness (QED) is 0.478. The van der Waals surface area contributed by atoms with Crippen LogP contribution < -0.4 is 5.73 Å². The Bertz CT molecular complexity index is 1170. The molecule has 4 rings (SSSR count). The molecule has 6 nitrogen and oxygen atoms in total. The SMILES string of the molecule is N#Cc1c(N)nc(SCc2csc(-c3ccc(Cl)cc3)n2)c(C#N)c1[C@@H]1CCCCO1. The average molecular weight is 468 g/mol. The van der Waals surface area contributed by atoms with Gasteiger partial charge in [0, 0.05) is 33.9 Å². The van der Waals surface area contributed by atoms with Gasteiger partial charge in [0.05, 0.1) is 17.4 Å². The van der Waals surface area contributed by atoms with Gasteiger partial charge in [-0.3, -0.25) is 0 Å². The van der Waals surface area contributed by atoms with Crippen LogP contribution in [0.25, 0.3) is 10.6 Å². The average Bonchev–Trinajstić information content (AvgIpc) is 3.27. The van der Waals surface area contributed by atoms with Gasteiger partial charge in [0.15, 0.2) is 0 Å². The van der Waals surface area contributed by atoms with Crippen LogP contribution in [0.3, 0.4) is 0 Å². The van der Waals surface area contributed by atoms with E-state index >= 15 is 0 Å². The number of aromatic nitrogens is 2. The number of hydrogen-bond acceptors (Lipinski definition) is 8. The number of anilines is 1. The molecule has 1 saturated heterocycles. The molecule has 1 aliphatic rings. The van der Waals surface area contributed by atoms with Gasteiger partial charge in [-0.15, -0.1) is 11.3 Å². The second kappa shape index (κ2) is 9.67. The molecule has 1 atom stereocenters. The Morgan fingerprint density at radius 3 is 2.61 bits per heavy atom. The topological polar surface area (TPSA) is 109 Å². The van der Waals surface area contributed by atoms with Crippen molar-refractivity contribution in [2.24, 2.45) is 0 Å². The van der Waals surface area contributed by atoms with Gasteiger partial charge in [-0.25, -0.2) is 9.97 Å². The Morgan fingerprint density at radius 1 is 1.16 bits per heavy atom. The minimum absolute atomic E-state index is 0.133. The van der Waals surface area contributed by atoms with Crippen LogP contribution in [0, 0.1) is 22.7 Å². The first kappa shape index (κ1) is 21.6. The van der Waals surface area contributed by atoms with Gasteiger partial charge in [0.2, 0.25) is 0 Å². The molecule has 0 unspecified atom stereocenters. The lowest BCUT2D eigenvalue weighted by Crippen LogP contribution is -2.16. The van der Waals surface area contributed by atoms with E-state index in [9.17, 15) is 10.5 Å². The van der Waals surface area contributed by atoms with Crippen LogP contribution >= 0.6 is 34.7 Å². The highest BCUT2D eigenvalue weighted by molar-refractivity contribution is 7.98. The molecule has 9 heteroatoms. The second-order valence-electron chi connectivity index (χ2n) is 6.98. The highest BCUT2D eigenvalue weighted by Gasteiger charge is 2.27. The zero-order chi connectivity index (χ0) is 21.8. The van der Waals surface area contributed by atoms with Crippen LogP contribution in [0.4, 0.5) is 5.82 Å². The van der Waals surface area contributed by atoms with Crippen LogP contribution in [-0.4, -0.2) is 16.6 Å². The van der Waals surface area contributed by atoms with Gasteiger partial charge in [0.1, 0.15) is 33.6 Å². The molecule has 1 aliphatic heterocycles. The molecule has 3 aromatic rings. The summed E-state index contributed by atoms with van der Waals surface area (Å²) in [4.78, 5) is 9.05. The Hall–Kier alpha value is -2.62. The Morgan fingerprint density at radius 2 is 1.94 bits per heavy atom. The molecule has 2 aromatic heterocycles. The zero-order valence-corrected chi connectivity index (χ0v) is 18.9. The molecule has 0 spiro atoms. The van der Waals surface area contributed by atoms with E-state index in [0.717, 1.165) is 35.5 Å². The smallest absolute Gasteiger partial charge is 0.143 e. The van der Waals surface area contributed by atoms with E-state index in [0.29, 0.717) is 33.5 Å². The number of thiazole rings is 1. The number of rotatable bonds is 5. The fourth-order valence-corrected chi connectivity index (χ4v) is 5.41. The molecule has 0 amide bonds. The maximum atomic E-state index is 9.88. The van der Waals surface area contributed by atoms with Crippen molar-refractivity contribution in [3.05, 3.63) is 57.1 Å². The fraction of sp³-hybridized carbons (Fsp3) is 0.273. The van der Waals surface area contributed by atoms with Gasteiger partial charge >= 0.3 is 0 Å². The molecule has 0 aliphatic carbocycles. The standard InChI is InChI=1S/C22H18ClN5OS2/c23-14-6-4-13(5-7-14)21-27-15(11-30-21)12-31-22-17(10-25)19(16(9-24)20(26)28-22)18-3-1-2-8-29-18/h4-7,11,18H,1-3,8,12H2,(H2,26,28)/t18-/m0/s1. The van der Waals surface area contributed by atoms with Crippen LogP contribution in [-0.2, 0) is 10.5 Å². The van der Waals surface area contributed by atoms with E-state index in [1.165, 1.54) is 11.8 Å². The van der Waals surface area contributed by atoms with Gasteiger partial charge in [0.25, 0.3) is 0 Å². The molecule has 1 fully saturated rings. The summed E-state index contributed by atoms with van der Waals surface area (Å²) in [6, 6.07) is 11.9. The maximum absolute atomic E-state index is 9.88. The number of halogens is 1. The Kier molecular flexibility index (Phi) is 6.74. The predicted octanol–water partition coefficient (Wildman–Crippen LogP) is 5.72. The molecule has 0 bridgehead atoms. The van der Waals surface area contributed by atoms with E-state index in [-0.39, 0.29) is 17.5 Å². The minimum Gasteiger partial charge on any atom is -0.383 e. The first-order valence-electron chi connectivity index (χ1n) is 9.69. The van der Waals surface area contributed by atoms with Crippen molar-refractivity contribution in [3.8, 4) is 22.7 Å². The van der Waals surface area contributed by atoms with Crippen LogP contribution in [0.2, 0.25) is 5.02 Å². The number of nitrogens with zero attached hydrogens (tertiary/aromatic N) is 4. The predicted molar refractivity (Wildman–Crippen MR) is 123 cm³/mol. The third-order valence-corrected chi connectivity index (χ3v) is 7.16. The summed E-state index contributed by atoms with van der Waals surface area (Å²) >= 11 is 8.90. The van der Waals surface area contributed by atoms with Crippen molar-refractivity contribution in [2.45, 2.75) is 36.1 Å². The lowest BCUT2D eigenvalue weighted by molar-refractivity contribution is 0.0145. The number of nitriles is 2. The third kappa shape index (κ3) is 4.68. The van der Waals surface area contributed by atoms with Crippen molar-refractivity contribution in [2.75, 3.05) is 12.3 Å². The summed E-state index contributed by atoms with van der Waals surface area (Å²) in [6.45, 7) is 0.609. The first-order valence-corrected chi connectivity index (χ1v) is 11.9. The van der Waals surface area contributed by atoms with Crippen LogP contribution in [0.1, 0.15) is 47.8 Å². The van der Waals surface area contributed by atoms with Gasteiger partial charge < -0.3 is 10.5 Å². The molecular weight excluding hydrogens is 450 g/mol. The molecule has 0 radical (unpaired) electrons. The molecule has 1 aromatic carbocycles. The monoisotopic (exact) mass is 467 g/mol. The zero-order valence-electron chi connectivity index (χ0n) is 16.5.